The smallest absolute Gasteiger partial charge is 0.339 e. The molecule has 0 saturated heterocycles. The van der Waals surface area contributed by atoms with E-state index >= 15 is 0 Å². The quantitative estimate of drug-likeness (QED) is 0.828. The SMILES string of the molecule is COc1ccc(NC(=O)COC(=O)c2ccccc2Br)cc1. The van der Waals surface area contributed by atoms with E-state index in [1.807, 2.05) is 0 Å². The first-order chi connectivity index (χ1) is 10.6. The Kier molecular flexibility index (Phi) is 5.55. The van der Waals surface area contributed by atoms with Crippen LogP contribution in [0.4, 0.5) is 5.69 Å². The summed E-state index contributed by atoms with van der Waals surface area (Å²) in [5.74, 6) is -0.277. The minimum Gasteiger partial charge on any atom is -0.497 e. The van der Waals surface area contributed by atoms with Crippen LogP contribution >= 0.6 is 15.9 Å². The summed E-state index contributed by atoms with van der Waals surface area (Å²) < 4.78 is 10.6. The van der Waals surface area contributed by atoms with Crippen molar-refractivity contribution in [2.24, 2.45) is 0 Å². The fourth-order valence-electron chi connectivity index (χ4n) is 1.71. The Labute approximate surface area is 136 Å². The third-order valence-corrected chi connectivity index (χ3v) is 3.49. The van der Waals surface area contributed by atoms with Gasteiger partial charge in [-0.1, -0.05) is 12.1 Å². The fraction of sp³-hybridized carbons (Fsp3) is 0.125. The topological polar surface area (TPSA) is 64.6 Å². The molecular formula is C16H14BrNO4. The normalized spacial score (nSPS) is 9.91. The van der Waals surface area contributed by atoms with E-state index in [2.05, 4.69) is 21.2 Å². The van der Waals surface area contributed by atoms with Crippen molar-refractivity contribution in [3.63, 3.8) is 0 Å². The minimum atomic E-state index is -0.558. The van der Waals surface area contributed by atoms with Gasteiger partial charge in [0.2, 0.25) is 0 Å². The maximum atomic E-state index is 11.9. The van der Waals surface area contributed by atoms with Crippen LogP contribution in [0.3, 0.4) is 0 Å². The van der Waals surface area contributed by atoms with Crippen molar-refractivity contribution in [2.75, 3.05) is 19.0 Å². The summed E-state index contributed by atoms with van der Waals surface area (Å²) in [6.07, 6.45) is 0. The van der Waals surface area contributed by atoms with Crippen LogP contribution in [-0.4, -0.2) is 25.6 Å². The number of ether oxygens (including phenoxy) is 2. The number of anilines is 1. The summed E-state index contributed by atoms with van der Waals surface area (Å²) in [6, 6.07) is 13.7. The molecule has 6 heteroatoms. The van der Waals surface area contributed by atoms with Crippen molar-refractivity contribution >= 4 is 33.5 Å². The predicted molar refractivity (Wildman–Crippen MR) is 86.0 cm³/mol. The predicted octanol–water partition coefficient (Wildman–Crippen LogP) is 3.25. The van der Waals surface area contributed by atoms with Crippen LogP contribution in [0.5, 0.6) is 5.75 Å². The van der Waals surface area contributed by atoms with E-state index in [1.165, 1.54) is 0 Å². The monoisotopic (exact) mass is 363 g/mol. The molecule has 0 unspecified atom stereocenters. The van der Waals surface area contributed by atoms with Crippen LogP contribution in [0.25, 0.3) is 0 Å². The number of benzene rings is 2. The number of carbonyl (C=O) groups is 2. The summed E-state index contributed by atoms with van der Waals surface area (Å²) in [5, 5.41) is 2.63. The average Bonchev–Trinajstić information content (AvgIpc) is 2.54. The molecule has 0 atom stereocenters. The van der Waals surface area contributed by atoms with Crippen molar-refractivity contribution in [2.45, 2.75) is 0 Å². The Morgan fingerprint density at radius 2 is 1.77 bits per heavy atom. The molecule has 0 aromatic heterocycles. The van der Waals surface area contributed by atoms with Gasteiger partial charge in [0.15, 0.2) is 6.61 Å². The first-order valence-electron chi connectivity index (χ1n) is 6.45. The molecule has 0 spiro atoms. The molecule has 2 rings (SSSR count). The molecule has 0 heterocycles. The number of esters is 1. The lowest BCUT2D eigenvalue weighted by Gasteiger charge is -2.08. The standard InChI is InChI=1S/C16H14BrNO4/c1-21-12-8-6-11(7-9-12)18-15(19)10-22-16(20)13-4-2-3-5-14(13)17/h2-9H,10H2,1H3,(H,18,19). The average molecular weight is 364 g/mol. The van der Waals surface area contributed by atoms with Crippen molar-refractivity contribution in [1.29, 1.82) is 0 Å². The molecule has 2 aromatic carbocycles. The van der Waals surface area contributed by atoms with E-state index in [0.717, 1.165) is 0 Å². The second-order valence-corrected chi connectivity index (χ2v) is 5.19. The van der Waals surface area contributed by atoms with Crippen molar-refractivity contribution in [3.05, 3.63) is 58.6 Å². The molecule has 22 heavy (non-hydrogen) atoms. The second-order valence-electron chi connectivity index (χ2n) is 4.33. The van der Waals surface area contributed by atoms with E-state index in [9.17, 15) is 9.59 Å². The Balaban J connectivity index is 1.87. The molecule has 1 amide bonds. The molecule has 5 nitrogen and oxygen atoms in total. The molecule has 1 N–H and O–H groups in total. The fourth-order valence-corrected chi connectivity index (χ4v) is 2.15. The molecule has 0 bridgehead atoms. The highest BCUT2D eigenvalue weighted by Crippen LogP contribution is 2.17. The number of halogens is 1. The number of rotatable bonds is 5. The molecule has 0 fully saturated rings. The maximum absolute atomic E-state index is 11.9. The van der Waals surface area contributed by atoms with Gasteiger partial charge in [0.1, 0.15) is 5.75 Å². The van der Waals surface area contributed by atoms with Crippen molar-refractivity contribution < 1.29 is 19.1 Å². The third-order valence-electron chi connectivity index (χ3n) is 2.80. The van der Waals surface area contributed by atoms with Gasteiger partial charge in [0, 0.05) is 10.2 Å². The number of hydrogen-bond donors (Lipinski definition) is 1. The molecular weight excluding hydrogens is 350 g/mol. The Morgan fingerprint density at radius 3 is 2.41 bits per heavy atom. The zero-order chi connectivity index (χ0) is 15.9. The Bertz CT molecular complexity index is 670. The molecule has 2 aromatic rings. The van der Waals surface area contributed by atoms with Crippen LogP contribution in [0.2, 0.25) is 0 Å². The van der Waals surface area contributed by atoms with E-state index in [0.29, 0.717) is 21.5 Å². The third kappa shape index (κ3) is 4.33. The summed E-state index contributed by atoms with van der Waals surface area (Å²) >= 11 is 3.26. The van der Waals surface area contributed by atoms with Gasteiger partial charge >= 0.3 is 5.97 Å². The molecule has 0 aliphatic rings. The Morgan fingerprint density at radius 1 is 1.09 bits per heavy atom. The van der Waals surface area contributed by atoms with Gasteiger partial charge in [-0.3, -0.25) is 4.79 Å². The first kappa shape index (κ1) is 16.0. The molecule has 0 aliphatic heterocycles. The highest BCUT2D eigenvalue weighted by Gasteiger charge is 2.12. The molecule has 114 valence electrons. The lowest BCUT2D eigenvalue weighted by Crippen LogP contribution is -2.21. The van der Waals surface area contributed by atoms with Gasteiger partial charge in [-0.05, 0) is 52.3 Å². The number of hydrogen-bond acceptors (Lipinski definition) is 4. The summed E-state index contributed by atoms with van der Waals surface area (Å²) in [6.45, 7) is -0.355. The van der Waals surface area contributed by atoms with Gasteiger partial charge in [-0.15, -0.1) is 0 Å². The molecule has 0 aliphatic carbocycles. The Hall–Kier alpha value is -2.34. The molecule has 0 saturated carbocycles. The lowest BCUT2D eigenvalue weighted by molar-refractivity contribution is -0.119. The highest BCUT2D eigenvalue weighted by atomic mass is 79.9. The van der Waals surface area contributed by atoms with Gasteiger partial charge < -0.3 is 14.8 Å². The van der Waals surface area contributed by atoms with Crippen LogP contribution in [0.15, 0.2) is 53.0 Å². The van der Waals surface area contributed by atoms with E-state index in [4.69, 9.17) is 9.47 Å². The lowest BCUT2D eigenvalue weighted by atomic mass is 10.2. The van der Waals surface area contributed by atoms with E-state index < -0.39 is 11.9 Å². The van der Waals surface area contributed by atoms with E-state index in [1.54, 1.807) is 55.6 Å². The van der Waals surface area contributed by atoms with Crippen LogP contribution in [0.1, 0.15) is 10.4 Å². The van der Waals surface area contributed by atoms with Crippen LogP contribution < -0.4 is 10.1 Å². The van der Waals surface area contributed by atoms with Gasteiger partial charge in [-0.2, -0.15) is 0 Å². The van der Waals surface area contributed by atoms with Crippen molar-refractivity contribution in [1.82, 2.24) is 0 Å². The highest BCUT2D eigenvalue weighted by molar-refractivity contribution is 9.10. The second kappa shape index (κ2) is 7.61. The minimum absolute atomic E-state index is 0.355. The largest absolute Gasteiger partial charge is 0.497 e. The van der Waals surface area contributed by atoms with Crippen LogP contribution in [0, 0.1) is 0 Å². The first-order valence-corrected chi connectivity index (χ1v) is 7.25. The van der Waals surface area contributed by atoms with Gasteiger partial charge in [0.05, 0.1) is 12.7 Å². The summed E-state index contributed by atoms with van der Waals surface area (Å²) in [7, 11) is 1.56. The molecule has 0 radical (unpaired) electrons. The van der Waals surface area contributed by atoms with Gasteiger partial charge in [0.25, 0.3) is 5.91 Å². The summed E-state index contributed by atoms with van der Waals surface area (Å²) in [4.78, 5) is 23.6. The number of methoxy groups -OCH3 is 1. The number of nitrogens with one attached hydrogen (secondary N) is 1. The van der Waals surface area contributed by atoms with E-state index in [-0.39, 0.29) is 6.61 Å². The zero-order valence-electron chi connectivity index (χ0n) is 11.8. The number of carbonyl (C=O) groups excluding carboxylic acids is 2. The van der Waals surface area contributed by atoms with Crippen molar-refractivity contribution in [3.8, 4) is 5.75 Å². The zero-order valence-corrected chi connectivity index (χ0v) is 13.4. The van der Waals surface area contributed by atoms with Gasteiger partial charge in [-0.25, -0.2) is 4.79 Å². The summed E-state index contributed by atoms with van der Waals surface area (Å²) in [5.41, 5.74) is 0.975. The number of amides is 1. The van der Waals surface area contributed by atoms with Crippen LogP contribution in [-0.2, 0) is 9.53 Å². The maximum Gasteiger partial charge on any atom is 0.339 e.